The molecule has 0 bridgehead atoms. The smallest absolute Gasteiger partial charge is 0.248 e. The van der Waals surface area contributed by atoms with Gasteiger partial charge in [0, 0.05) is 23.7 Å². The van der Waals surface area contributed by atoms with Crippen molar-refractivity contribution in [1.82, 2.24) is 0 Å². The number of furan rings is 1. The first-order valence-electron chi connectivity index (χ1n) is 7.98. The van der Waals surface area contributed by atoms with Crippen molar-refractivity contribution in [3.05, 3.63) is 89.9 Å². The van der Waals surface area contributed by atoms with Gasteiger partial charge in [-0.25, -0.2) is 0 Å². The number of rotatable bonds is 6. The summed E-state index contributed by atoms with van der Waals surface area (Å²) >= 11 is 0. The van der Waals surface area contributed by atoms with E-state index in [4.69, 9.17) is 9.15 Å². The number of anilines is 1. The number of nitrogens with one attached hydrogen (secondary N) is 1. The fourth-order valence-corrected chi connectivity index (χ4v) is 2.54. The Morgan fingerprint density at radius 2 is 1.96 bits per heavy atom. The number of carbonyl (C=O) groups is 1. The zero-order chi connectivity index (χ0) is 17.5. The summed E-state index contributed by atoms with van der Waals surface area (Å²) in [6, 6.07) is 19.3. The van der Waals surface area contributed by atoms with Gasteiger partial charge in [0.2, 0.25) is 5.91 Å². The Morgan fingerprint density at radius 3 is 2.68 bits per heavy atom. The minimum absolute atomic E-state index is 0.216. The number of amides is 1. The lowest BCUT2D eigenvalue weighted by molar-refractivity contribution is -0.111. The van der Waals surface area contributed by atoms with Crippen molar-refractivity contribution in [2.75, 3.05) is 12.4 Å². The lowest BCUT2D eigenvalue weighted by atomic mass is 10.0. The van der Waals surface area contributed by atoms with Gasteiger partial charge in [0.1, 0.15) is 11.5 Å². The summed E-state index contributed by atoms with van der Waals surface area (Å²) in [4.78, 5) is 12.1. The van der Waals surface area contributed by atoms with Crippen LogP contribution in [-0.4, -0.2) is 13.0 Å². The van der Waals surface area contributed by atoms with Crippen LogP contribution in [0.2, 0.25) is 0 Å². The highest BCUT2D eigenvalue weighted by atomic mass is 16.5. The van der Waals surface area contributed by atoms with Gasteiger partial charge in [-0.15, -0.1) is 0 Å². The van der Waals surface area contributed by atoms with Crippen molar-refractivity contribution in [3.63, 3.8) is 0 Å². The van der Waals surface area contributed by atoms with E-state index < -0.39 is 0 Å². The Kier molecular flexibility index (Phi) is 5.32. The van der Waals surface area contributed by atoms with Crippen molar-refractivity contribution in [2.45, 2.75) is 6.42 Å². The van der Waals surface area contributed by atoms with E-state index in [0.29, 0.717) is 5.76 Å². The topological polar surface area (TPSA) is 51.5 Å². The molecule has 2 aromatic carbocycles. The van der Waals surface area contributed by atoms with Crippen LogP contribution in [0.4, 0.5) is 5.69 Å². The molecule has 1 amide bonds. The summed E-state index contributed by atoms with van der Waals surface area (Å²) in [5.74, 6) is 1.22. The Morgan fingerprint density at radius 1 is 1.12 bits per heavy atom. The molecule has 4 nitrogen and oxygen atoms in total. The summed E-state index contributed by atoms with van der Waals surface area (Å²) < 4.78 is 10.6. The van der Waals surface area contributed by atoms with Gasteiger partial charge in [0.15, 0.2) is 0 Å². The number of hydrogen-bond acceptors (Lipinski definition) is 3. The van der Waals surface area contributed by atoms with Gasteiger partial charge in [-0.2, -0.15) is 0 Å². The molecule has 0 aliphatic heterocycles. The van der Waals surface area contributed by atoms with Crippen LogP contribution in [-0.2, 0) is 11.2 Å². The molecular formula is C21H19NO3. The van der Waals surface area contributed by atoms with Gasteiger partial charge in [-0.05, 0) is 42.0 Å². The third kappa shape index (κ3) is 4.61. The summed E-state index contributed by atoms with van der Waals surface area (Å²) in [6.07, 6.45) is 5.37. The van der Waals surface area contributed by atoms with E-state index >= 15 is 0 Å². The maximum Gasteiger partial charge on any atom is 0.248 e. The van der Waals surface area contributed by atoms with E-state index in [0.717, 1.165) is 23.4 Å². The molecule has 0 atom stereocenters. The molecule has 126 valence electrons. The molecule has 0 radical (unpaired) electrons. The van der Waals surface area contributed by atoms with E-state index in [9.17, 15) is 4.79 Å². The van der Waals surface area contributed by atoms with Crippen molar-refractivity contribution in [1.29, 1.82) is 0 Å². The monoisotopic (exact) mass is 333 g/mol. The Balaban J connectivity index is 1.73. The minimum Gasteiger partial charge on any atom is -0.496 e. The van der Waals surface area contributed by atoms with E-state index in [2.05, 4.69) is 17.4 Å². The summed E-state index contributed by atoms with van der Waals surface area (Å²) in [6.45, 7) is 0. The zero-order valence-corrected chi connectivity index (χ0v) is 13.9. The average molecular weight is 333 g/mol. The van der Waals surface area contributed by atoms with E-state index in [1.165, 1.54) is 11.6 Å². The standard InChI is InChI=1S/C21H19NO3/c1-24-20-11-9-18(15-17(20)14-16-6-3-2-4-7-16)22-21(23)12-10-19-8-5-13-25-19/h2-13,15H,14H2,1H3,(H,22,23)/b12-10+. The van der Waals surface area contributed by atoms with Crippen LogP contribution in [0.1, 0.15) is 16.9 Å². The highest BCUT2D eigenvalue weighted by Crippen LogP contribution is 2.25. The fraction of sp³-hybridized carbons (Fsp3) is 0.0952. The zero-order valence-electron chi connectivity index (χ0n) is 13.9. The summed E-state index contributed by atoms with van der Waals surface area (Å²) in [5.41, 5.74) is 2.92. The second-order valence-corrected chi connectivity index (χ2v) is 5.53. The third-order valence-electron chi connectivity index (χ3n) is 3.73. The van der Waals surface area contributed by atoms with Crippen LogP contribution in [0.5, 0.6) is 5.75 Å². The second-order valence-electron chi connectivity index (χ2n) is 5.53. The van der Waals surface area contributed by atoms with Crippen molar-refractivity contribution < 1.29 is 13.9 Å². The maximum absolute atomic E-state index is 12.1. The second kappa shape index (κ2) is 8.02. The number of methoxy groups -OCH3 is 1. The molecule has 25 heavy (non-hydrogen) atoms. The Hall–Kier alpha value is -3.27. The minimum atomic E-state index is -0.216. The van der Waals surface area contributed by atoms with Crippen LogP contribution >= 0.6 is 0 Å². The number of hydrogen-bond donors (Lipinski definition) is 1. The first-order chi connectivity index (χ1) is 12.2. The quantitative estimate of drug-likeness (QED) is 0.674. The summed E-state index contributed by atoms with van der Waals surface area (Å²) in [7, 11) is 1.65. The van der Waals surface area contributed by atoms with E-state index in [-0.39, 0.29) is 5.91 Å². The SMILES string of the molecule is COc1ccc(NC(=O)/C=C/c2ccco2)cc1Cc1ccccc1. The number of ether oxygens (including phenoxy) is 1. The van der Waals surface area contributed by atoms with Gasteiger partial charge in [-0.1, -0.05) is 30.3 Å². The number of carbonyl (C=O) groups excluding carboxylic acids is 1. The maximum atomic E-state index is 12.1. The first kappa shape index (κ1) is 16.6. The van der Waals surface area contributed by atoms with Crippen LogP contribution in [0.15, 0.2) is 77.4 Å². The molecule has 3 aromatic rings. The van der Waals surface area contributed by atoms with Crippen LogP contribution < -0.4 is 10.1 Å². The molecule has 0 aliphatic carbocycles. The molecule has 0 aliphatic rings. The Labute approximate surface area is 146 Å². The molecule has 1 heterocycles. The number of benzene rings is 2. The van der Waals surface area contributed by atoms with Gasteiger partial charge < -0.3 is 14.5 Å². The molecule has 0 saturated carbocycles. The lowest BCUT2D eigenvalue weighted by Crippen LogP contribution is -2.08. The van der Waals surface area contributed by atoms with Gasteiger partial charge in [-0.3, -0.25) is 4.79 Å². The third-order valence-corrected chi connectivity index (χ3v) is 3.73. The Bertz CT molecular complexity index is 852. The fourth-order valence-electron chi connectivity index (χ4n) is 2.54. The van der Waals surface area contributed by atoms with Gasteiger partial charge >= 0.3 is 0 Å². The van der Waals surface area contributed by atoms with Crippen LogP contribution in [0, 0.1) is 0 Å². The normalized spacial score (nSPS) is 10.8. The van der Waals surface area contributed by atoms with Gasteiger partial charge in [0.25, 0.3) is 0 Å². The van der Waals surface area contributed by atoms with Gasteiger partial charge in [0.05, 0.1) is 13.4 Å². The highest BCUT2D eigenvalue weighted by Gasteiger charge is 2.07. The molecule has 0 fully saturated rings. The predicted octanol–water partition coefficient (Wildman–Crippen LogP) is 4.53. The van der Waals surface area contributed by atoms with E-state index in [1.54, 1.807) is 31.6 Å². The van der Waals surface area contributed by atoms with E-state index in [1.807, 2.05) is 36.4 Å². The lowest BCUT2D eigenvalue weighted by Gasteiger charge is -2.11. The first-order valence-corrected chi connectivity index (χ1v) is 7.98. The summed E-state index contributed by atoms with van der Waals surface area (Å²) in [5, 5.41) is 2.86. The molecular weight excluding hydrogens is 314 g/mol. The van der Waals surface area contributed by atoms with Crippen LogP contribution in [0.25, 0.3) is 6.08 Å². The molecule has 0 spiro atoms. The van der Waals surface area contributed by atoms with Crippen LogP contribution in [0.3, 0.4) is 0 Å². The largest absolute Gasteiger partial charge is 0.496 e. The van der Waals surface area contributed by atoms with Crippen molar-refractivity contribution >= 4 is 17.7 Å². The molecule has 1 aromatic heterocycles. The molecule has 4 heteroatoms. The predicted molar refractivity (Wildman–Crippen MR) is 98.6 cm³/mol. The van der Waals surface area contributed by atoms with Crippen molar-refractivity contribution in [3.8, 4) is 5.75 Å². The molecule has 3 rings (SSSR count). The molecule has 0 unspecified atom stereocenters. The molecule has 0 saturated heterocycles. The highest BCUT2D eigenvalue weighted by molar-refractivity contribution is 6.01. The average Bonchev–Trinajstić information content (AvgIpc) is 3.15. The molecule has 1 N–H and O–H groups in total. The van der Waals surface area contributed by atoms with Crippen molar-refractivity contribution in [2.24, 2.45) is 0 Å².